The van der Waals surface area contributed by atoms with Gasteiger partial charge in [-0.2, -0.15) is 0 Å². The van der Waals surface area contributed by atoms with Crippen molar-refractivity contribution in [2.45, 2.75) is 26.8 Å². The van der Waals surface area contributed by atoms with Gasteiger partial charge in [0.25, 0.3) is 0 Å². The predicted octanol–water partition coefficient (Wildman–Crippen LogP) is 3.40. The van der Waals surface area contributed by atoms with Gasteiger partial charge in [-0.15, -0.1) is 0 Å². The molecule has 18 heavy (non-hydrogen) atoms. The van der Waals surface area contributed by atoms with Gasteiger partial charge in [-0.25, -0.2) is 0 Å². The third kappa shape index (κ3) is 2.67. The number of benzene rings is 1. The fourth-order valence-electron chi connectivity index (χ4n) is 2.20. The molecule has 98 valence electrons. The highest BCUT2D eigenvalue weighted by molar-refractivity contribution is 5.84. The first-order chi connectivity index (χ1) is 8.47. The standard InChI is InChI=1S/C15H21NO2/c1-10(2)7-11-8-12-13(9-16(3)4)14(17)5-6-15(12)18-11/h5-6,8,10,17H,7,9H2,1-4H3. The summed E-state index contributed by atoms with van der Waals surface area (Å²) in [6.45, 7) is 5.06. The largest absolute Gasteiger partial charge is 0.508 e. The highest BCUT2D eigenvalue weighted by atomic mass is 16.3. The van der Waals surface area contributed by atoms with Gasteiger partial charge in [0, 0.05) is 23.9 Å². The van der Waals surface area contributed by atoms with Gasteiger partial charge < -0.3 is 14.4 Å². The number of nitrogens with zero attached hydrogens (tertiary/aromatic N) is 1. The molecule has 0 aliphatic rings. The minimum absolute atomic E-state index is 0.341. The van der Waals surface area contributed by atoms with Crippen LogP contribution >= 0.6 is 0 Å². The van der Waals surface area contributed by atoms with Crippen molar-refractivity contribution in [3.05, 3.63) is 29.5 Å². The molecule has 0 bridgehead atoms. The summed E-state index contributed by atoms with van der Waals surface area (Å²) in [5.41, 5.74) is 1.80. The number of aromatic hydroxyl groups is 1. The topological polar surface area (TPSA) is 36.6 Å². The third-order valence-corrected chi connectivity index (χ3v) is 2.92. The highest BCUT2D eigenvalue weighted by Gasteiger charge is 2.13. The zero-order chi connectivity index (χ0) is 13.3. The maximum Gasteiger partial charge on any atom is 0.134 e. The average Bonchev–Trinajstić information content (AvgIpc) is 2.64. The molecule has 0 atom stereocenters. The lowest BCUT2D eigenvalue weighted by Crippen LogP contribution is -2.10. The van der Waals surface area contributed by atoms with Crippen LogP contribution in [0.2, 0.25) is 0 Å². The molecule has 2 rings (SSSR count). The lowest BCUT2D eigenvalue weighted by molar-refractivity contribution is 0.388. The summed E-state index contributed by atoms with van der Waals surface area (Å²) in [4.78, 5) is 2.05. The molecule has 0 fully saturated rings. The van der Waals surface area contributed by atoms with Gasteiger partial charge in [0.1, 0.15) is 17.1 Å². The predicted molar refractivity (Wildman–Crippen MR) is 73.8 cm³/mol. The average molecular weight is 247 g/mol. The normalized spacial score (nSPS) is 11.9. The fourth-order valence-corrected chi connectivity index (χ4v) is 2.20. The Kier molecular flexibility index (Phi) is 3.62. The molecular weight excluding hydrogens is 226 g/mol. The number of rotatable bonds is 4. The Morgan fingerprint density at radius 3 is 2.61 bits per heavy atom. The van der Waals surface area contributed by atoms with E-state index in [0.29, 0.717) is 18.2 Å². The minimum atomic E-state index is 0.341. The van der Waals surface area contributed by atoms with Gasteiger partial charge in [0.15, 0.2) is 0 Å². The Bertz CT molecular complexity index is 541. The summed E-state index contributed by atoms with van der Waals surface area (Å²) in [5, 5.41) is 11.0. The summed E-state index contributed by atoms with van der Waals surface area (Å²) in [6.07, 6.45) is 0.927. The maximum absolute atomic E-state index is 9.98. The van der Waals surface area contributed by atoms with Crippen LogP contribution in [0.15, 0.2) is 22.6 Å². The van der Waals surface area contributed by atoms with Crippen molar-refractivity contribution >= 4 is 11.0 Å². The molecule has 1 heterocycles. The van der Waals surface area contributed by atoms with Crippen molar-refractivity contribution in [1.82, 2.24) is 4.90 Å². The van der Waals surface area contributed by atoms with Gasteiger partial charge in [-0.05, 0) is 38.2 Å². The third-order valence-electron chi connectivity index (χ3n) is 2.92. The fraction of sp³-hybridized carbons (Fsp3) is 0.467. The molecule has 0 unspecified atom stereocenters. The summed E-state index contributed by atoms with van der Waals surface area (Å²) < 4.78 is 5.83. The zero-order valence-electron chi connectivity index (χ0n) is 11.5. The first kappa shape index (κ1) is 13.0. The lowest BCUT2D eigenvalue weighted by atomic mass is 10.1. The monoisotopic (exact) mass is 247 g/mol. The molecule has 3 nitrogen and oxygen atoms in total. The second-order valence-corrected chi connectivity index (χ2v) is 5.52. The maximum atomic E-state index is 9.98. The van der Waals surface area contributed by atoms with Crippen LogP contribution in [-0.2, 0) is 13.0 Å². The number of hydrogen-bond donors (Lipinski definition) is 1. The molecule has 1 aromatic heterocycles. The molecule has 2 aromatic rings. The van der Waals surface area contributed by atoms with Crippen LogP contribution in [0.4, 0.5) is 0 Å². The Morgan fingerprint density at radius 2 is 2.00 bits per heavy atom. The van der Waals surface area contributed by atoms with E-state index in [-0.39, 0.29) is 0 Å². The summed E-state index contributed by atoms with van der Waals surface area (Å²) in [6, 6.07) is 5.62. The summed E-state index contributed by atoms with van der Waals surface area (Å²) in [5.74, 6) is 1.90. The number of fused-ring (bicyclic) bond motifs is 1. The second kappa shape index (κ2) is 5.02. The van der Waals surface area contributed by atoms with Crippen LogP contribution in [-0.4, -0.2) is 24.1 Å². The van der Waals surface area contributed by atoms with Crippen LogP contribution < -0.4 is 0 Å². The summed E-state index contributed by atoms with van der Waals surface area (Å²) >= 11 is 0. The first-order valence-electron chi connectivity index (χ1n) is 6.35. The van der Waals surface area contributed by atoms with Crippen LogP contribution in [0.1, 0.15) is 25.2 Å². The Morgan fingerprint density at radius 1 is 1.28 bits per heavy atom. The molecule has 0 saturated carbocycles. The van der Waals surface area contributed by atoms with Crippen LogP contribution in [0.3, 0.4) is 0 Å². The zero-order valence-corrected chi connectivity index (χ0v) is 11.5. The molecule has 0 aliphatic heterocycles. The van der Waals surface area contributed by atoms with E-state index < -0.39 is 0 Å². The molecule has 1 aromatic carbocycles. The van der Waals surface area contributed by atoms with Gasteiger partial charge in [0.05, 0.1) is 0 Å². The molecule has 0 saturated heterocycles. The van der Waals surface area contributed by atoms with E-state index in [1.54, 1.807) is 6.07 Å². The first-order valence-corrected chi connectivity index (χ1v) is 6.35. The number of furan rings is 1. The van der Waals surface area contributed by atoms with Crippen molar-refractivity contribution in [3.63, 3.8) is 0 Å². The second-order valence-electron chi connectivity index (χ2n) is 5.52. The van der Waals surface area contributed by atoms with Gasteiger partial charge in [0.2, 0.25) is 0 Å². The smallest absolute Gasteiger partial charge is 0.134 e. The number of hydrogen-bond acceptors (Lipinski definition) is 3. The van der Waals surface area contributed by atoms with E-state index in [1.807, 2.05) is 25.1 Å². The highest BCUT2D eigenvalue weighted by Crippen LogP contribution is 2.31. The molecule has 0 spiro atoms. The summed E-state index contributed by atoms with van der Waals surface area (Å²) in [7, 11) is 3.99. The quantitative estimate of drug-likeness (QED) is 0.899. The molecular formula is C15H21NO2. The number of phenolic OH excluding ortho intramolecular Hbond substituents is 1. The van der Waals surface area contributed by atoms with Crippen molar-refractivity contribution in [1.29, 1.82) is 0 Å². The Balaban J connectivity index is 2.47. The van der Waals surface area contributed by atoms with Crippen LogP contribution in [0, 0.1) is 5.92 Å². The Hall–Kier alpha value is -1.48. The Labute approximate surface area is 108 Å². The van der Waals surface area contributed by atoms with E-state index in [4.69, 9.17) is 4.42 Å². The van der Waals surface area contributed by atoms with Crippen molar-refractivity contribution in [2.24, 2.45) is 5.92 Å². The van der Waals surface area contributed by atoms with E-state index in [1.165, 1.54) is 0 Å². The molecule has 0 radical (unpaired) electrons. The minimum Gasteiger partial charge on any atom is -0.508 e. The van der Waals surface area contributed by atoms with E-state index in [2.05, 4.69) is 19.9 Å². The van der Waals surface area contributed by atoms with Gasteiger partial charge in [-0.3, -0.25) is 0 Å². The molecule has 3 heteroatoms. The van der Waals surface area contributed by atoms with E-state index >= 15 is 0 Å². The SMILES string of the molecule is CC(C)Cc1cc2c(CN(C)C)c(O)ccc2o1. The van der Waals surface area contributed by atoms with Gasteiger partial charge >= 0.3 is 0 Å². The molecule has 0 amide bonds. The molecule has 0 aliphatic carbocycles. The number of phenols is 1. The van der Waals surface area contributed by atoms with Crippen LogP contribution in [0.5, 0.6) is 5.75 Å². The van der Waals surface area contributed by atoms with E-state index in [9.17, 15) is 5.11 Å². The van der Waals surface area contributed by atoms with Gasteiger partial charge in [-0.1, -0.05) is 13.8 Å². The van der Waals surface area contributed by atoms with E-state index in [0.717, 1.165) is 28.7 Å². The van der Waals surface area contributed by atoms with Crippen LogP contribution in [0.25, 0.3) is 11.0 Å². The van der Waals surface area contributed by atoms with Crippen molar-refractivity contribution in [3.8, 4) is 5.75 Å². The van der Waals surface area contributed by atoms with Crippen molar-refractivity contribution in [2.75, 3.05) is 14.1 Å². The van der Waals surface area contributed by atoms with Crippen molar-refractivity contribution < 1.29 is 9.52 Å². The lowest BCUT2D eigenvalue weighted by Gasteiger charge is -2.11. The molecule has 1 N–H and O–H groups in total.